The Hall–Kier alpha value is -3.32. The molecule has 7 heteroatoms. The Kier molecular flexibility index (Phi) is 5.25. The molecule has 2 heterocycles. The first kappa shape index (κ1) is 18.1. The van der Waals surface area contributed by atoms with E-state index in [4.69, 9.17) is 4.74 Å². The van der Waals surface area contributed by atoms with Gasteiger partial charge in [-0.05, 0) is 47.8 Å². The van der Waals surface area contributed by atoms with Gasteiger partial charge in [0.25, 0.3) is 5.56 Å². The van der Waals surface area contributed by atoms with E-state index in [2.05, 4.69) is 14.8 Å². The van der Waals surface area contributed by atoms with Crippen molar-refractivity contribution in [2.75, 3.05) is 11.8 Å². The van der Waals surface area contributed by atoms with E-state index in [0.717, 1.165) is 21.5 Å². The molecule has 0 saturated carbocycles. The van der Waals surface area contributed by atoms with E-state index < -0.39 is 0 Å². The number of methoxy groups -OCH3 is 1. The number of nitrogens with one attached hydrogen (secondary N) is 1. The van der Waals surface area contributed by atoms with Crippen LogP contribution >= 0.6 is 11.9 Å². The largest absolute Gasteiger partial charge is 0.481 e. The number of pyridine rings is 1. The summed E-state index contributed by atoms with van der Waals surface area (Å²) >= 11 is 1.50. The molecular formula is C21H18N4O2S. The van der Waals surface area contributed by atoms with Crippen LogP contribution in [0, 0.1) is 0 Å². The average molecular weight is 390 g/mol. The van der Waals surface area contributed by atoms with E-state index >= 15 is 0 Å². The van der Waals surface area contributed by atoms with E-state index in [1.165, 1.54) is 16.6 Å². The number of ether oxygens (including phenoxy) is 1. The van der Waals surface area contributed by atoms with Crippen molar-refractivity contribution in [2.45, 2.75) is 11.4 Å². The molecule has 4 rings (SSSR count). The minimum atomic E-state index is -0.124. The van der Waals surface area contributed by atoms with Crippen LogP contribution in [0.2, 0.25) is 0 Å². The van der Waals surface area contributed by atoms with Crippen LogP contribution in [0.25, 0.3) is 10.8 Å². The van der Waals surface area contributed by atoms with Crippen molar-refractivity contribution >= 4 is 28.4 Å². The van der Waals surface area contributed by atoms with Crippen molar-refractivity contribution in [3.63, 3.8) is 0 Å². The molecule has 2 aromatic carbocycles. The molecule has 1 N–H and O–H groups in total. The highest BCUT2D eigenvalue weighted by atomic mass is 32.2. The lowest BCUT2D eigenvalue weighted by Gasteiger charge is -2.08. The topological polar surface area (TPSA) is 69.0 Å². The van der Waals surface area contributed by atoms with Gasteiger partial charge in [-0.25, -0.2) is 9.67 Å². The summed E-state index contributed by atoms with van der Waals surface area (Å²) < 4.78 is 9.79. The fourth-order valence-corrected chi connectivity index (χ4v) is 3.46. The van der Waals surface area contributed by atoms with Gasteiger partial charge < -0.3 is 9.46 Å². The van der Waals surface area contributed by atoms with Crippen molar-refractivity contribution in [3.8, 4) is 5.88 Å². The smallest absolute Gasteiger partial charge is 0.274 e. The SMILES string of the molecule is COc1ccc(Cn2ncc3cc(SNc4ccccc4)ccc3c2=O)cn1. The molecule has 6 nitrogen and oxygen atoms in total. The fraction of sp³-hybridized carbons (Fsp3) is 0.0952. The molecule has 0 fully saturated rings. The zero-order valence-electron chi connectivity index (χ0n) is 15.2. The Morgan fingerprint density at radius 3 is 2.68 bits per heavy atom. The number of para-hydroxylation sites is 1. The van der Waals surface area contributed by atoms with E-state index in [0.29, 0.717) is 17.8 Å². The quantitative estimate of drug-likeness (QED) is 0.503. The van der Waals surface area contributed by atoms with Crippen LogP contribution in [0.3, 0.4) is 0 Å². The third-order valence-corrected chi connectivity index (χ3v) is 5.05. The zero-order chi connectivity index (χ0) is 19.3. The average Bonchev–Trinajstić information content (AvgIpc) is 2.75. The highest BCUT2D eigenvalue weighted by molar-refractivity contribution is 8.00. The number of rotatable bonds is 6. The first-order valence-electron chi connectivity index (χ1n) is 8.69. The van der Waals surface area contributed by atoms with Gasteiger partial charge in [0.15, 0.2) is 0 Å². The second-order valence-electron chi connectivity index (χ2n) is 6.14. The predicted octanol–water partition coefficient (Wildman–Crippen LogP) is 3.97. The van der Waals surface area contributed by atoms with Crippen LogP contribution in [0.1, 0.15) is 5.56 Å². The van der Waals surface area contributed by atoms with E-state index in [1.54, 1.807) is 25.6 Å². The number of fused-ring (bicyclic) bond motifs is 1. The predicted molar refractivity (Wildman–Crippen MR) is 112 cm³/mol. The molecule has 140 valence electrons. The molecule has 0 bridgehead atoms. The van der Waals surface area contributed by atoms with Gasteiger partial charge in [-0.2, -0.15) is 5.10 Å². The molecule has 0 radical (unpaired) electrons. The number of anilines is 1. The Labute approximate surface area is 166 Å². The van der Waals surface area contributed by atoms with Crippen molar-refractivity contribution in [3.05, 3.63) is 89.0 Å². The second kappa shape index (κ2) is 8.14. The Morgan fingerprint density at radius 2 is 1.93 bits per heavy atom. The molecule has 0 aliphatic rings. The summed E-state index contributed by atoms with van der Waals surface area (Å²) in [5, 5.41) is 5.77. The normalized spacial score (nSPS) is 10.8. The van der Waals surface area contributed by atoms with Crippen LogP contribution in [-0.2, 0) is 6.54 Å². The van der Waals surface area contributed by atoms with Crippen LogP contribution in [0.15, 0.2) is 82.7 Å². The first-order chi connectivity index (χ1) is 13.7. The zero-order valence-corrected chi connectivity index (χ0v) is 16.0. The summed E-state index contributed by atoms with van der Waals surface area (Å²) in [6.07, 6.45) is 3.41. The van der Waals surface area contributed by atoms with E-state index in [-0.39, 0.29) is 5.56 Å². The molecule has 28 heavy (non-hydrogen) atoms. The summed E-state index contributed by atoms with van der Waals surface area (Å²) in [4.78, 5) is 18.0. The van der Waals surface area contributed by atoms with Crippen molar-refractivity contribution in [1.82, 2.24) is 14.8 Å². The van der Waals surface area contributed by atoms with Gasteiger partial charge in [0.05, 0.1) is 25.2 Å². The number of benzene rings is 2. The van der Waals surface area contributed by atoms with E-state index in [1.807, 2.05) is 54.6 Å². The second-order valence-corrected chi connectivity index (χ2v) is 7.02. The third kappa shape index (κ3) is 3.99. The van der Waals surface area contributed by atoms with Crippen molar-refractivity contribution in [2.24, 2.45) is 0 Å². The van der Waals surface area contributed by atoms with Gasteiger partial charge >= 0.3 is 0 Å². The number of hydrogen-bond acceptors (Lipinski definition) is 6. The number of nitrogens with zero attached hydrogens (tertiary/aromatic N) is 3. The molecule has 0 amide bonds. The molecular weight excluding hydrogens is 372 g/mol. The third-order valence-electron chi connectivity index (χ3n) is 4.22. The molecule has 2 aromatic heterocycles. The minimum absolute atomic E-state index is 0.124. The lowest BCUT2D eigenvalue weighted by molar-refractivity contribution is 0.397. The maximum Gasteiger partial charge on any atom is 0.274 e. The van der Waals surface area contributed by atoms with Gasteiger partial charge in [-0.15, -0.1) is 0 Å². The highest BCUT2D eigenvalue weighted by Gasteiger charge is 2.07. The van der Waals surface area contributed by atoms with Gasteiger partial charge in [0.2, 0.25) is 5.88 Å². The van der Waals surface area contributed by atoms with Gasteiger partial charge in [-0.3, -0.25) is 4.79 Å². The first-order valence-corrected chi connectivity index (χ1v) is 9.51. The van der Waals surface area contributed by atoms with Crippen LogP contribution in [0.5, 0.6) is 5.88 Å². The molecule has 0 unspecified atom stereocenters. The van der Waals surface area contributed by atoms with Gasteiger partial charge in [0.1, 0.15) is 0 Å². The van der Waals surface area contributed by atoms with Crippen LogP contribution in [-0.4, -0.2) is 21.9 Å². The molecule has 0 spiro atoms. The maximum absolute atomic E-state index is 12.8. The summed E-state index contributed by atoms with van der Waals surface area (Å²) in [6, 6.07) is 19.3. The van der Waals surface area contributed by atoms with Crippen molar-refractivity contribution < 1.29 is 4.74 Å². The summed E-state index contributed by atoms with van der Waals surface area (Å²) in [5.41, 5.74) is 1.78. The lowest BCUT2D eigenvalue weighted by Crippen LogP contribution is -2.23. The summed E-state index contributed by atoms with van der Waals surface area (Å²) in [5.74, 6) is 0.539. The van der Waals surface area contributed by atoms with Gasteiger partial charge in [-0.1, -0.05) is 24.3 Å². The van der Waals surface area contributed by atoms with E-state index in [9.17, 15) is 4.79 Å². The molecule has 0 saturated heterocycles. The Balaban J connectivity index is 1.54. The molecule has 4 aromatic rings. The van der Waals surface area contributed by atoms with Gasteiger partial charge in [0, 0.05) is 28.2 Å². The monoisotopic (exact) mass is 390 g/mol. The standard InChI is InChI=1S/C21H18N4O2S/c1-27-20-10-7-15(12-22-20)14-25-21(26)19-9-8-18(11-16(19)13-23-25)28-24-17-5-3-2-4-6-17/h2-13,24H,14H2,1H3. The van der Waals surface area contributed by atoms with Crippen LogP contribution < -0.4 is 15.0 Å². The maximum atomic E-state index is 12.8. The number of hydrogen-bond donors (Lipinski definition) is 1. The Morgan fingerprint density at radius 1 is 1.07 bits per heavy atom. The lowest BCUT2D eigenvalue weighted by atomic mass is 10.2. The van der Waals surface area contributed by atoms with Crippen LogP contribution in [0.4, 0.5) is 5.69 Å². The summed E-state index contributed by atoms with van der Waals surface area (Å²) in [6.45, 7) is 0.359. The molecule has 0 aliphatic carbocycles. The van der Waals surface area contributed by atoms with Crippen molar-refractivity contribution in [1.29, 1.82) is 0 Å². The summed E-state index contributed by atoms with van der Waals surface area (Å²) in [7, 11) is 1.57. The fourth-order valence-electron chi connectivity index (χ4n) is 2.76. The number of aromatic nitrogens is 3. The Bertz CT molecular complexity index is 1140. The minimum Gasteiger partial charge on any atom is -0.481 e. The highest BCUT2D eigenvalue weighted by Crippen LogP contribution is 2.23. The molecule has 0 atom stereocenters. The molecule has 0 aliphatic heterocycles.